The van der Waals surface area contributed by atoms with E-state index < -0.39 is 0 Å². The van der Waals surface area contributed by atoms with Gasteiger partial charge in [0.2, 0.25) is 0 Å². The average molecular weight is 219 g/mol. The van der Waals surface area contributed by atoms with Gasteiger partial charge in [-0.1, -0.05) is 23.8 Å². The molecule has 0 bridgehead atoms. The Labute approximate surface area is 95.8 Å². The summed E-state index contributed by atoms with van der Waals surface area (Å²) in [5.41, 5.74) is 3.79. The molecule has 1 aromatic carbocycles. The van der Waals surface area contributed by atoms with Gasteiger partial charge >= 0.3 is 5.97 Å². The van der Waals surface area contributed by atoms with E-state index in [1.165, 1.54) is 23.8 Å². The zero-order chi connectivity index (χ0) is 11.7. The van der Waals surface area contributed by atoms with Crippen molar-refractivity contribution >= 4 is 5.97 Å². The number of ether oxygens (including phenoxy) is 1. The number of carbonyl (C=O) groups is 1. The van der Waals surface area contributed by atoms with Gasteiger partial charge in [-0.25, -0.2) is 0 Å². The first-order valence-electron chi connectivity index (χ1n) is 5.55. The highest BCUT2D eigenvalue weighted by Crippen LogP contribution is 2.26. The fraction of sp³-hybridized carbons (Fsp3) is 0.462. The summed E-state index contributed by atoms with van der Waals surface area (Å²) in [6.07, 6.45) is 0.715. The van der Waals surface area contributed by atoms with Gasteiger partial charge in [-0.3, -0.25) is 10.1 Å². The van der Waals surface area contributed by atoms with Crippen molar-refractivity contribution in [1.29, 1.82) is 0 Å². The molecule has 0 aliphatic carbocycles. The van der Waals surface area contributed by atoms with Crippen LogP contribution in [0.25, 0.3) is 0 Å². The Morgan fingerprint density at radius 1 is 1.50 bits per heavy atom. The van der Waals surface area contributed by atoms with Crippen LogP contribution >= 0.6 is 0 Å². The Morgan fingerprint density at radius 3 is 2.94 bits per heavy atom. The SMILES string of the molecule is COC(=O)C1Cc2ccc(C)cc2C(C)N1. The number of methoxy groups -OCH3 is 1. The average Bonchev–Trinajstić information content (AvgIpc) is 2.28. The van der Waals surface area contributed by atoms with Crippen LogP contribution in [-0.4, -0.2) is 19.1 Å². The molecule has 0 saturated heterocycles. The van der Waals surface area contributed by atoms with Crippen LogP contribution in [0.5, 0.6) is 0 Å². The molecule has 0 saturated carbocycles. The Morgan fingerprint density at radius 2 is 2.25 bits per heavy atom. The Bertz CT molecular complexity index is 414. The minimum Gasteiger partial charge on any atom is -0.468 e. The van der Waals surface area contributed by atoms with Crippen LogP contribution in [0.1, 0.15) is 29.7 Å². The van der Waals surface area contributed by atoms with Crippen molar-refractivity contribution in [2.75, 3.05) is 7.11 Å². The summed E-state index contributed by atoms with van der Waals surface area (Å²) in [5.74, 6) is -0.182. The van der Waals surface area contributed by atoms with Crippen LogP contribution < -0.4 is 5.32 Å². The first-order chi connectivity index (χ1) is 7.61. The fourth-order valence-electron chi connectivity index (χ4n) is 2.27. The van der Waals surface area contributed by atoms with Crippen LogP contribution in [0.2, 0.25) is 0 Å². The zero-order valence-corrected chi connectivity index (χ0v) is 9.91. The molecule has 2 rings (SSSR count). The van der Waals surface area contributed by atoms with E-state index in [0.29, 0.717) is 6.42 Å². The monoisotopic (exact) mass is 219 g/mol. The zero-order valence-electron chi connectivity index (χ0n) is 9.91. The molecule has 3 heteroatoms. The number of aryl methyl sites for hydroxylation is 1. The van der Waals surface area contributed by atoms with E-state index >= 15 is 0 Å². The van der Waals surface area contributed by atoms with Gasteiger partial charge < -0.3 is 4.74 Å². The lowest BCUT2D eigenvalue weighted by Gasteiger charge is -2.29. The van der Waals surface area contributed by atoms with Gasteiger partial charge in [0.05, 0.1) is 7.11 Å². The second kappa shape index (κ2) is 4.26. The number of rotatable bonds is 1. The number of fused-ring (bicyclic) bond motifs is 1. The van der Waals surface area contributed by atoms with Crippen LogP contribution in [-0.2, 0) is 16.0 Å². The maximum Gasteiger partial charge on any atom is 0.323 e. The number of hydrogen-bond acceptors (Lipinski definition) is 3. The first-order valence-corrected chi connectivity index (χ1v) is 5.55. The molecule has 1 aromatic rings. The third-order valence-electron chi connectivity index (χ3n) is 3.13. The maximum absolute atomic E-state index is 11.5. The van der Waals surface area contributed by atoms with E-state index in [2.05, 4.69) is 37.4 Å². The quantitative estimate of drug-likeness (QED) is 0.731. The molecule has 0 fully saturated rings. The smallest absolute Gasteiger partial charge is 0.323 e. The lowest BCUT2D eigenvalue weighted by molar-refractivity contribution is -0.143. The topological polar surface area (TPSA) is 38.3 Å². The van der Waals surface area contributed by atoms with E-state index in [1.54, 1.807) is 0 Å². The molecule has 2 atom stereocenters. The largest absolute Gasteiger partial charge is 0.468 e. The summed E-state index contributed by atoms with van der Waals surface area (Å²) in [6.45, 7) is 4.16. The molecule has 1 N–H and O–H groups in total. The van der Waals surface area contributed by atoms with E-state index in [4.69, 9.17) is 4.74 Å². The molecule has 0 spiro atoms. The number of esters is 1. The normalized spacial score (nSPS) is 23.7. The van der Waals surface area contributed by atoms with Gasteiger partial charge in [-0.2, -0.15) is 0 Å². The molecule has 3 nitrogen and oxygen atoms in total. The Hall–Kier alpha value is -1.35. The van der Waals surface area contributed by atoms with Gasteiger partial charge in [0, 0.05) is 6.04 Å². The van der Waals surface area contributed by atoms with Crippen molar-refractivity contribution in [3.63, 3.8) is 0 Å². The van der Waals surface area contributed by atoms with Crippen molar-refractivity contribution in [3.8, 4) is 0 Å². The van der Waals surface area contributed by atoms with Gasteiger partial charge in [-0.05, 0) is 31.4 Å². The van der Waals surface area contributed by atoms with Gasteiger partial charge in [0.15, 0.2) is 0 Å². The molecule has 0 radical (unpaired) electrons. The summed E-state index contributed by atoms with van der Waals surface area (Å²) >= 11 is 0. The molecule has 1 aliphatic heterocycles. The number of benzene rings is 1. The molecule has 16 heavy (non-hydrogen) atoms. The highest BCUT2D eigenvalue weighted by Gasteiger charge is 2.28. The molecular formula is C13H17NO2. The van der Waals surface area contributed by atoms with Crippen LogP contribution in [0.15, 0.2) is 18.2 Å². The van der Waals surface area contributed by atoms with Crippen LogP contribution in [0.4, 0.5) is 0 Å². The second-order valence-corrected chi connectivity index (χ2v) is 4.37. The van der Waals surface area contributed by atoms with Crippen LogP contribution in [0, 0.1) is 6.92 Å². The minimum absolute atomic E-state index is 0.182. The van der Waals surface area contributed by atoms with Crippen molar-refractivity contribution in [3.05, 3.63) is 34.9 Å². The standard InChI is InChI=1S/C13H17NO2/c1-8-4-5-10-7-12(13(15)16-3)14-9(2)11(10)6-8/h4-6,9,12,14H,7H2,1-3H3. The number of carbonyl (C=O) groups excluding carboxylic acids is 1. The summed E-state index contributed by atoms with van der Waals surface area (Å²) in [5, 5.41) is 3.28. The van der Waals surface area contributed by atoms with Gasteiger partial charge in [0.25, 0.3) is 0 Å². The lowest BCUT2D eigenvalue weighted by Crippen LogP contribution is -2.44. The van der Waals surface area contributed by atoms with Gasteiger partial charge in [-0.15, -0.1) is 0 Å². The Kier molecular flexibility index (Phi) is 2.97. The van der Waals surface area contributed by atoms with Crippen molar-refractivity contribution in [1.82, 2.24) is 5.32 Å². The first kappa shape index (κ1) is 11.1. The predicted molar refractivity (Wildman–Crippen MR) is 62.2 cm³/mol. The van der Waals surface area contributed by atoms with Crippen molar-refractivity contribution in [2.45, 2.75) is 32.4 Å². The van der Waals surface area contributed by atoms with Crippen molar-refractivity contribution < 1.29 is 9.53 Å². The van der Waals surface area contributed by atoms with E-state index in [9.17, 15) is 4.79 Å². The summed E-state index contributed by atoms with van der Waals surface area (Å²) in [6, 6.07) is 6.37. The number of nitrogens with one attached hydrogen (secondary N) is 1. The maximum atomic E-state index is 11.5. The van der Waals surface area contributed by atoms with E-state index in [-0.39, 0.29) is 18.1 Å². The summed E-state index contributed by atoms with van der Waals surface area (Å²) < 4.78 is 4.78. The molecule has 86 valence electrons. The van der Waals surface area contributed by atoms with E-state index in [0.717, 1.165) is 0 Å². The number of hydrogen-bond donors (Lipinski definition) is 1. The second-order valence-electron chi connectivity index (χ2n) is 4.37. The van der Waals surface area contributed by atoms with Crippen molar-refractivity contribution in [2.24, 2.45) is 0 Å². The third kappa shape index (κ3) is 1.95. The molecule has 2 unspecified atom stereocenters. The molecule has 1 aliphatic rings. The Balaban J connectivity index is 2.30. The summed E-state index contributed by atoms with van der Waals surface area (Å²) in [7, 11) is 1.43. The molecule has 1 heterocycles. The third-order valence-corrected chi connectivity index (χ3v) is 3.13. The molecule has 0 aromatic heterocycles. The minimum atomic E-state index is -0.213. The summed E-state index contributed by atoms with van der Waals surface area (Å²) in [4.78, 5) is 11.5. The predicted octanol–water partition coefficient (Wildman–Crippen LogP) is 1.74. The van der Waals surface area contributed by atoms with Crippen LogP contribution in [0.3, 0.4) is 0 Å². The van der Waals surface area contributed by atoms with E-state index in [1.807, 2.05) is 0 Å². The lowest BCUT2D eigenvalue weighted by atomic mass is 9.90. The molecular weight excluding hydrogens is 202 g/mol. The molecule has 0 amide bonds. The highest BCUT2D eigenvalue weighted by molar-refractivity contribution is 5.76. The van der Waals surface area contributed by atoms with Gasteiger partial charge in [0.1, 0.15) is 6.04 Å². The fourth-order valence-corrected chi connectivity index (χ4v) is 2.27. The highest BCUT2D eigenvalue weighted by atomic mass is 16.5.